The van der Waals surface area contributed by atoms with E-state index >= 15 is 0 Å². The van der Waals surface area contributed by atoms with Crippen LogP contribution in [0, 0.1) is 10.1 Å². The monoisotopic (exact) mass is 287 g/mol. The van der Waals surface area contributed by atoms with E-state index in [2.05, 4.69) is 0 Å². The molecule has 0 aliphatic carbocycles. The molecule has 6 nitrogen and oxygen atoms in total. The van der Waals surface area contributed by atoms with E-state index in [9.17, 15) is 10.1 Å². The molecular weight excluding hydrogens is 270 g/mol. The van der Waals surface area contributed by atoms with Crippen LogP contribution >= 0.6 is 0 Å². The highest BCUT2D eigenvalue weighted by Crippen LogP contribution is 2.25. The fraction of sp³-hybridized carbons (Fsp3) is 0.200. The molecule has 0 spiro atoms. The van der Waals surface area contributed by atoms with Gasteiger partial charge in [-0.1, -0.05) is 6.07 Å². The van der Waals surface area contributed by atoms with Gasteiger partial charge in [-0.3, -0.25) is 10.1 Å². The van der Waals surface area contributed by atoms with E-state index in [-0.39, 0.29) is 5.69 Å². The van der Waals surface area contributed by atoms with Crippen LogP contribution in [0.15, 0.2) is 42.5 Å². The number of hydrogen-bond donors (Lipinski definition) is 1. The minimum Gasteiger partial charge on any atom is -0.497 e. The molecule has 21 heavy (non-hydrogen) atoms. The largest absolute Gasteiger partial charge is 0.497 e. The summed E-state index contributed by atoms with van der Waals surface area (Å²) in [6, 6.07) is 12.1. The standard InChI is InChI=1S/C15H17N3O3/c1-17(12-4-3-5-14(9-12)21-2)10-11-8-13(18(19)20)6-7-15(11)16/h3-9H,10,16H2,1-2H3. The third-order valence-electron chi connectivity index (χ3n) is 3.24. The van der Waals surface area contributed by atoms with Gasteiger partial charge in [0.05, 0.1) is 12.0 Å². The Bertz CT molecular complexity index is 658. The molecule has 2 N–H and O–H groups in total. The van der Waals surface area contributed by atoms with Gasteiger partial charge >= 0.3 is 0 Å². The highest BCUT2D eigenvalue weighted by Gasteiger charge is 2.11. The van der Waals surface area contributed by atoms with E-state index in [0.29, 0.717) is 12.2 Å². The first-order valence-electron chi connectivity index (χ1n) is 6.39. The summed E-state index contributed by atoms with van der Waals surface area (Å²) in [6.45, 7) is 0.473. The SMILES string of the molecule is COc1cccc(N(C)Cc2cc([N+](=O)[O-])ccc2N)c1. The number of benzene rings is 2. The maximum atomic E-state index is 10.8. The Morgan fingerprint density at radius 1 is 1.29 bits per heavy atom. The summed E-state index contributed by atoms with van der Waals surface area (Å²) in [5, 5.41) is 10.8. The molecule has 110 valence electrons. The maximum absolute atomic E-state index is 10.8. The summed E-state index contributed by atoms with van der Waals surface area (Å²) in [5.74, 6) is 0.756. The van der Waals surface area contributed by atoms with Crippen molar-refractivity contribution in [1.29, 1.82) is 0 Å². The number of ether oxygens (including phenoxy) is 1. The van der Waals surface area contributed by atoms with Gasteiger partial charge in [-0.25, -0.2) is 0 Å². The van der Waals surface area contributed by atoms with E-state index in [1.165, 1.54) is 12.1 Å². The Hall–Kier alpha value is -2.76. The van der Waals surface area contributed by atoms with Gasteiger partial charge in [-0.05, 0) is 18.2 Å². The molecule has 0 bridgehead atoms. The van der Waals surface area contributed by atoms with Crippen molar-refractivity contribution in [2.75, 3.05) is 24.8 Å². The third-order valence-corrected chi connectivity index (χ3v) is 3.24. The summed E-state index contributed by atoms with van der Waals surface area (Å²) in [7, 11) is 3.50. The summed E-state index contributed by atoms with van der Waals surface area (Å²) in [5.41, 5.74) is 8.14. The van der Waals surface area contributed by atoms with Crippen molar-refractivity contribution in [1.82, 2.24) is 0 Å². The van der Waals surface area contributed by atoms with Crippen LogP contribution in [0.1, 0.15) is 5.56 Å². The Labute approximate surface area is 122 Å². The zero-order valence-electron chi connectivity index (χ0n) is 11.9. The van der Waals surface area contributed by atoms with Gasteiger partial charge in [0.2, 0.25) is 0 Å². The number of methoxy groups -OCH3 is 1. The Morgan fingerprint density at radius 2 is 2.05 bits per heavy atom. The summed E-state index contributed by atoms with van der Waals surface area (Å²) < 4.78 is 5.19. The van der Waals surface area contributed by atoms with Gasteiger partial charge in [0.25, 0.3) is 5.69 Å². The molecule has 0 heterocycles. The third kappa shape index (κ3) is 3.42. The molecule has 0 unspecified atom stereocenters. The first-order valence-corrected chi connectivity index (χ1v) is 6.39. The molecule has 0 fully saturated rings. The smallest absolute Gasteiger partial charge is 0.269 e. The normalized spacial score (nSPS) is 10.2. The van der Waals surface area contributed by atoms with Gasteiger partial charge in [-0.15, -0.1) is 0 Å². The first kappa shape index (κ1) is 14.6. The van der Waals surface area contributed by atoms with Crippen LogP contribution in [0.4, 0.5) is 17.1 Å². The number of rotatable bonds is 5. The van der Waals surface area contributed by atoms with Gasteiger partial charge in [0.1, 0.15) is 5.75 Å². The second kappa shape index (κ2) is 6.13. The van der Waals surface area contributed by atoms with Gasteiger partial charge in [-0.2, -0.15) is 0 Å². The van der Waals surface area contributed by atoms with Gasteiger partial charge < -0.3 is 15.4 Å². The molecule has 0 aromatic heterocycles. The highest BCUT2D eigenvalue weighted by molar-refractivity contribution is 5.56. The molecule has 2 rings (SSSR count). The quantitative estimate of drug-likeness (QED) is 0.519. The van der Waals surface area contributed by atoms with E-state index in [4.69, 9.17) is 10.5 Å². The van der Waals surface area contributed by atoms with Gasteiger partial charge in [0, 0.05) is 48.7 Å². The van der Waals surface area contributed by atoms with Crippen molar-refractivity contribution in [2.24, 2.45) is 0 Å². The lowest BCUT2D eigenvalue weighted by Gasteiger charge is -2.20. The Kier molecular flexibility index (Phi) is 4.27. The van der Waals surface area contributed by atoms with Crippen LogP contribution in [0.5, 0.6) is 5.75 Å². The lowest BCUT2D eigenvalue weighted by atomic mass is 10.1. The van der Waals surface area contributed by atoms with Crippen molar-refractivity contribution < 1.29 is 9.66 Å². The summed E-state index contributed by atoms with van der Waals surface area (Å²) in [6.07, 6.45) is 0. The van der Waals surface area contributed by atoms with Crippen LogP contribution in [0.2, 0.25) is 0 Å². The molecule has 0 aliphatic rings. The van der Waals surface area contributed by atoms with Crippen LogP contribution in [-0.4, -0.2) is 19.1 Å². The predicted molar refractivity (Wildman–Crippen MR) is 82.6 cm³/mol. The molecule has 0 amide bonds. The van der Waals surface area contributed by atoms with Crippen molar-refractivity contribution in [2.45, 2.75) is 6.54 Å². The molecule has 0 saturated heterocycles. The molecule has 0 radical (unpaired) electrons. The number of nitrogen functional groups attached to an aromatic ring is 1. The van der Waals surface area contributed by atoms with E-state index < -0.39 is 4.92 Å². The number of hydrogen-bond acceptors (Lipinski definition) is 5. The van der Waals surface area contributed by atoms with E-state index in [0.717, 1.165) is 17.0 Å². The lowest BCUT2D eigenvalue weighted by molar-refractivity contribution is -0.384. The van der Waals surface area contributed by atoms with E-state index in [1.54, 1.807) is 13.2 Å². The fourth-order valence-corrected chi connectivity index (χ4v) is 2.04. The Balaban J connectivity index is 2.24. The number of anilines is 2. The molecule has 2 aromatic carbocycles. The maximum Gasteiger partial charge on any atom is 0.269 e. The molecule has 0 aliphatic heterocycles. The summed E-state index contributed by atoms with van der Waals surface area (Å²) >= 11 is 0. The van der Waals surface area contributed by atoms with Crippen LogP contribution in [-0.2, 0) is 6.54 Å². The number of nitrogens with zero attached hydrogens (tertiary/aromatic N) is 2. The number of nitro groups is 1. The highest BCUT2D eigenvalue weighted by atomic mass is 16.6. The zero-order chi connectivity index (χ0) is 15.4. The average molecular weight is 287 g/mol. The topological polar surface area (TPSA) is 81.6 Å². The molecular formula is C15H17N3O3. The molecule has 0 saturated carbocycles. The molecule has 6 heteroatoms. The second-order valence-electron chi connectivity index (χ2n) is 4.70. The van der Waals surface area contributed by atoms with Crippen molar-refractivity contribution in [3.63, 3.8) is 0 Å². The lowest BCUT2D eigenvalue weighted by Crippen LogP contribution is -2.17. The number of nitrogens with two attached hydrogens (primary N) is 1. The fourth-order valence-electron chi connectivity index (χ4n) is 2.04. The van der Waals surface area contributed by atoms with Crippen LogP contribution < -0.4 is 15.4 Å². The number of nitro benzene ring substituents is 1. The van der Waals surface area contributed by atoms with E-state index in [1.807, 2.05) is 36.2 Å². The van der Waals surface area contributed by atoms with Gasteiger partial charge in [0.15, 0.2) is 0 Å². The predicted octanol–water partition coefficient (Wildman–Crippen LogP) is 2.82. The summed E-state index contributed by atoms with van der Waals surface area (Å²) in [4.78, 5) is 12.4. The second-order valence-corrected chi connectivity index (χ2v) is 4.70. The zero-order valence-corrected chi connectivity index (χ0v) is 11.9. The first-order chi connectivity index (χ1) is 10.0. The minimum atomic E-state index is -0.422. The molecule has 0 atom stereocenters. The minimum absolute atomic E-state index is 0.0400. The Morgan fingerprint density at radius 3 is 2.71 bits per heavy atom. The van der Waals surface area contributed by atoms with Crippen molar-refractivity contribution >= 4 is 17.1 Å². The van der Waals surface area contributed by atoms with Crippen molar-refractivity contribution in [3.05, 3.63) is 58.1 Å². The van der Waals surface area contributed by atoms with Crippen molar-refractivity contribution in [3.8, 4) is 5.75 Å². The van der Waals surface area contributed by atoms with Crippen LogP contribution in [0.3, 0.4) is 0 Å². The number of non-ortho nitro benzene ring substituents is 1. The van der Waals surface area contributed by atoms with Crippen LogP contribution in [0.25, 0.3) is 0 Å². The molecule has 2 aromatic rings. The average Bonchev–Trinajstić information content (AvgIpc) is 2.49.